The Morgan fingerprint density at radius 3 is 2.32 bits per heavy atom. The molecule has 2 nitrogen and oxygen atoms in total. The zero-order valence-electron chi connectivity index (χ0n) is 10.8. The molecule has 1 aliphatic rings. The molecule has 0 fully saturated rings. The minimum absolute atomic E-state index is 0.263. The smallest absolute Gasteiger partial charge is 0.115 e. The number of hydrogen-bond acceptors (Lipinski definition) is 2. The van der Waals surface area contributed by atoms with Crippen molar-refractivity contribution in [2.24, 2.45) is 5.92 Å². The fraction of sp³-hybridized carbons (Fsp3) is 0.294. The summed E-state index contributed by atoms with van der Waals surface area (Å²) in [6, 6.07) is 15.6. The van der Waals surface area contributed by atoms with E-state index in [1.807, 2.05) is 12.1 Å². The van der Waals surface area contributed by atoms with Gasteiger partial charge in [0.05, 0.1) is 6.10 Å². The van der Waals surface area contributed by atoms with Crippen molar-refractivity contribution in [2.75, 3.05) is 0 Å². The maximum absolute atomic E-state index is 10.4. The Balaban J connectivity index is 1.68. The summed E-state index contributed by atoms with van der Waals surface area (Å²) < 4.78 is 0. The van der Waals surface area contributed by atoms with E-state index in [4.69, 9.17) is 0 Å². The summed E-state index contributed by atoms with van der Waals surface area (Å²) in [6.45, 7) is 0. The number of rotatable bonds is 3. The number of aliphatic hydroxyl groups excluding tert-OH is 1. The first-order valence-electron chi connectivity index (χ1n) is 6.75. The van der Waals surface area contributed by atoms with E-state index < -0.39 is 0 Å². The number of aromatic hydroxyl groups is 1. The van der Waals surface area contributed by atoms with Gasteiger partial charge in [-0.1, -0.05) is 36.4 Å². The highest BCUT2D eigenvalue weighted by molar-refractivity contribution is 5.33. The summed E-state index contributed by atoms with van der Waals surface area (Å²) in [5.41, 5.74) is 3.72. The maximum Gasteiger partial charge on any atom is 0.115 e. The lowest BCUT2D eigenvalue weighted by Gasteiger charge is -2.17. The molecule has 0 heterocycles. The molecule has 2 N–H and O–H groups in total. The predicted molar refractivity (Wildman–Crippen MR) is 75.2 cm³/mol. The maximum atomic E-state index is 10.4. The molecule has 0 amide bonds. The molecule has 0 aromatic heterocycles. The largest absolute Gasteiger partial charge is 0.508 e. The van der Waals surface area contributed by atoms with Crippen molar-refractivity contribution < 1.29 is 10.2 Å². The number of aliphatic hydroxyl groups is 1. The first-order chi connectivity index (χ1) is 9.22. The Kier molecular flexibility index (Phi) is 3.26. The molecule has 0 saturated carbocycles. The Hall–Kier alpha value is -1.80. The van der Waals surface area contributed by atoms with Crippen LogP contribution in [0, 0.1) is 5.92 Å². The molecule has 0 spiro atoms. The van der Waals surface area contributed by atoms with Crippen molar-refractivity contribution in [1.82, 2.24) is 0 Å². The third kappa shape index (κ3) is 2.64. The second kappa shape index (κ2) is 5.06. The van der Waals surface area contributed by atoms with Gasteiger partial charge in [0.1, 0.15) is 5.75 Å². The van der Waals surface area contributed by atoms with Crippen LogP contribution in [0.25, 0.3) is 0 Å². The second-order valence-electron chi connectivity index (χ2n) is 5.38. The van der Waals surface area contributed by atoms with Crippen LogP contribution in [0.2, 0.25) is 0 Å². The quantitative estimate of drug-likeness (QED) is 0.884. The van der Waals surface area contributed by atoms with Crippen LogP contribution in [-0.4, -0.2) is 16.3 Å². The van der Waals surface area contributed by atoms with Gasteiger partial charge in [0.15, 0.2) is 0 Å². The highest BCUT2D eigenvalue weighted by Crippen LogP contribution is 2.30. The van der Waals surface area contributed by atoms with Gasteiger partial charge < -0.3 is 10.2 Å². The van der Waals surface area contributed by atoms with Gasteiger partial charge >= 0.3 is 0 Å². The van der Waals surface area contributed by atoms with E-state index in [0.717, 1.165) is 18.4 Å². The molecule has 1 unspecified atom stereocenters. The van der Waals surface area contributed by atoms with E-state index >= 15 is 0 Å². The van der Waals surface area contributed by atoms with Crippen molar-refractivity contribution in [2.45, 2.75) is 25.4 Å². The molecule has 2 aromatic rings. The lowest BCUT2D eigenvalue weighted by atomic mass is 9.93. The Morgan fingerprint density at radius 2 is 1.68 bits per heavy atom. The standard InChI is InChI=1S/C17H18O2/c18-16-7-3-4-12(8-16)9-17(19)15-10-13-5-1-2-6-14(13)11-15/h1-8,15,17-19H,9-11H2. The van der Waals surface area contributed by atoms with E-state index in [1.54, 1.807) is 12.1 Å². The van der Waals surface area contributed by atoms with Crippen LogP contribution in [-0.2, 0) is 19.3 Å². The van der Waals surface area contributed by atoms with Crippen LogP contribution in [0.15, 0.2) is 48.5 Å². The van der Waals surface area contributed by atoms with Crippen molar-refractivity contribution in [3.8, 4) is 5.75 Å². The highest BCUT2D eigenvalue weighted by atomic mass is 16.3. The van der Waals surface area contributed by atoms with Gasteiger partial charge in [-0.15, -0.1) is 0 Å². The second-order valence-corrected chi connectivity index (χ2v) is 5.38. The summed E-state index contributed by atoms with van der Waals surface area (Å²) in [4.78, 5) is 0. The third-order valence-corrected chi connectivity index (χ3v) is 3.98. The van der Waals surface area contributed by atoms with Crippen molar-refractivity contribution in [3.63, 3.8) is 0 Å². The van der Waals surface area contributed by atoms with Gasteiger partial charge in [-0.05, 0) is 54.0 Å². The summed E-state index contributed by atoms with van der Waals surface area (Å²) in [7, 11) is 0. The van der Waals surface area contributed by atoms with Crippen molar-refractivity contribution in [1.29, 1.82) is 0 Å². The van der Waals surface area contributed by atoms with Gasteiger partial charge in [0.2, 0.25) is 0 Å². The molecule has 0 radical (unpaired) electrons. The first-order valence-corrected chi connectivity index (χ1v) is 6.75. The summed E-state index contributed by atoms with van der Waals surface area (Å²) in [5.74, 6) is 0.555. The van der Waals surface area contributed by atoms with Crippen LogP contribution in [0.5, 0.6) is 5.75 Å². The van der Waals surface area contributed by atoms with Gasteiger partial charge in [0, 0.05) is 0 Å². The average Bonchev–Trinajstić information content (AvgIpc) is 2.82. The predicted octanol–water partition coefficient (Wildman–Crippen LogP) is 2.71. The number of benzene rings is 2. The lowest BCUT2D eigenvalue weighted by Crippen LogP contribution is -2.23. The zero-order valence-corrected chi connectivity index (χ0v) is 10.8. The minimum atomic E-state index is -0.353. The van der Waals surface area contributed by atoms with Gasteiger partial charge in [-0.25, -0.2) is 0 Å². The molecule has 1 atom stereocenters. The monoisotopic (exact) mass is 254 g/mol. The molecular formula is C17H18O2. The van der Waals surface area contributed by atoms with Gasteiger partial charge in [-0.2, -0.15) is 0 Å². The molecule has 98 valence electrons. The normalized spacial score (nSPS) is 16.3. The fourth-order valence-corrected chi connectivity index (χ4v) is 2.96. The van der Waals surface area contributed by atoms with Crippen LogP contribution in [0.4, 0.5) is 0 Å². The van der Waals surface area contributed by atoms with Crippen LogP contribution in [0.3, 0.4) is 0 Å². The topological polar surface area (TPSA) is 40.5 Å². The molecule has 3 rings (SSSR count). The number of fused-ring (bicyclic) bond motifs is 1. The van der Waals surface area contributed by atoms with Gasteiger partial charge in [-0.3, -0.25) is 0 Å². The van der Waals surface area contributed by atoms with Crippen LogP contribution in [0.1, 0.15) is 16.7 Å². The average molecular weight is 254 g/mol. The molecule has 1 aliphatic carbocycles. The number of hydrogen-bond donors (Lipinski definition) is 2. The van der Waals surface area contributed by atoms with E-state index in [2.05, 4.69) is 24.3 Å². The molecule has 19 heavy (non-hydrogen) atoms. The van der Waals surface area contributed by atoms with E-state index in [0.29, 0.717) is 12.3 Å². The molecule has 2 aromatic carbocycles. The molecular weight excluding hydrogens is 236 g/mol. The van der Waals surface area contributed by atoms with E-state index in [9.17, 15) is 10.2 Å². The van der Waals surface area contributed by atoms with Crippen molar-refractivity contribution in [3.05, 3.63) is 65.2 Å². The molecule has 2 heteroatoms. The first kappa shape index (κ1) is 12.2. The molecule has 0 bridgehead atoms. The fourth-order valence-electron chi connectivity index (χ4n) is 2.96. The van der Waals surface area contributed by atoms with Crippen LogP contribution < -0.4 is 0 Å². The third-order valence-electron chi connectivity index (χ3n) is 3.98. The van der Waals surface area contributed by atoms with E-state index in [-0.39, 0.29) is 11.9 Å². The summed E-state index contributed by atoms with van der Waals surface area (Å²) >= 11 is 0. The molecule has 0 saturated heterocycles. The zero-order chi connectivity index (χ0) is 13.2. The Bertz CT molecular complexity index is 552. The number of phenols is 1. The van der Waals surface area contributed by atoms with Gasteiger partial charge in [0.25, 0.3) is 0 Å². The lowest BCUT2D eigenvalue weighted by molar-refractivity contribution is 0.113. The highest BCUT2D eigenvalue weighted by Gasteiger charge is 2.27. The SMILES string of the molecule is Oc1cccc(CC(O)C2Cc3ccccc3C2)c1. The number of phenolic OH excluding ortho intramolecular Hbond substituents is 1. The summed E-state index contributed by atoms with van der Waals surface area (Å²) in [6.07, 6.45) is 2.16. The Morgan fingerprint density at radius 1 is 1.00 bits per heavy atom. The van der Waals surface area contributed by atoms with Crippen LogP contribution >= 0.6 is 0 Å². The van der Waals surface area contributed by atoms with Crippen molar-refractivity contribution >= 4 is 0 Å². The minimum Gasteiger partial charge on any atom is -0.508 e. The van der Waals surface area contributed by atoms with E-state index in [1.165, 1.54) is 11.1 Å². The Labute approximate surface area is 113 Å². The summed E-state index contributed by atoms with van der Waals surface area (Å²) in [5, 5.41) is 19.8. The molecule has 0 aliphatic heterocycles.